The van der Waals surface area contributed by atoms with Gasteiger partial charge in [0.25, 0.3) is 0 Å². The molecule has 0 atom stereocenters. The maximum atomic E-state index is 2.38. The van der Waals surface area contributed by atoms with Crippen molar-refractivity contribution < 1.29 is 26.2 Å². The molecule has 0 aromatic heterocycles. The first-order chi connectivity index (χ1) is 10.9. The molecule has 0 saturated carbocycles. The van der Waals surface area contributed by atoms with E-state index in [1.165, 1.54) is 27.0 Å². The molecule has 3 aromatic carbocycles. The van der Waals surface area contributed by atoms with Gasteiger partial charge in [0, 0.05) is 26.2 Å². The molecule has 0 bridgehead atoms. The van der Waals surface area contributed by atoms with Crippen LogP contribution in [0.4, 0.5) is 0 Å². The van der Waals surface area contributed by atoms with Gasteiger partial charge >= 0.3 is 0 Å². The van der Waals surface area contributed by atoms with Crippen LogP contribution in [0.2, 0.25) is 0 Å². The van der Waals surface area contributed by atoms with Crippen LogP contribution < -0.4 is 15.9 Å². The van der Waals surface area contributed by atoms with Gasteiger partial charge < -0.3 is 0 Å². The second-order valence-corrected chi connectivity index (χ2v) is 7.72. The zero-order valence-corrected chi connectivity index (χ0v) is 16.2. The molecular weight excluding hydrogens is 374 g/mol. The van der Waals surface area contributed by atoms with Crippen molar-refractivity contribution in [2.24, 2.45) is 0 Å². The summed E-state index contributed by atoms with van der Waals surface area (Å²) in [6.45, 7) is 0. The van der Waals surface area contributed by atoms with Crippen LogP contribution >= 0.6 is 7.92 Å². The molecule has 0 saturated heterocycles. The number of fused-ring (bicyclic) bond motifs is 1. The van der Waals surface area contributed by atoms with Gasteiger partial charge in [-0.1, -0.05) is 84.9 Å². The van der Waals surface area contributed by atoms with E-state index in [0.29, 0.717) is 0 Å². The van der Waals surface area contributed by atoms with Crippen molar-refractivity contribution in [1.29, 1.82) is 0 Å². The summed E-state index contributed by atoms with van der Waals surface area (Å²) in [5.41, 5.74) is 2.83. The molecule has 0 amide bonds. The Morgan fingerprint density at radius 3 is 1.87 bits per heavy atom. The Morgan fingerprint density at radius 2 is 1.26 bits per heavy atom. The molecule has 1 aliphatic carbocycles. The molecule has 0 radical (unpaired) electrons. The number of hydrogen-bond donors (Lipinski definition) is 0. The minimum atomic E-state index is -0.486. The average molecular weight is 392 g/mol. The van der Waals surface area contributed by atoms with Crippen molar-refractivity contribution in [3.8, 4) is 0 Å². The molecule has 0 spiro atoms. The van der Waals surface area contributed by atoms with Crippen LogP contribution in [0.3, 0.4) is 0 Å². The number of hydrogen-bond acceptors (Lipinski definition) is 0. The van der Waals surface area contributed by atoms with Gasteiger partial charge in [0.1, 0.15) is 0 Å². The molecular formula is C21H17PZr. The van der Waals surface area contributed by atoms with Gasteiger partial charge in [-0.15, -0.1) is 0 Å². The monoisotopic (exact) mass is 390 g/mol. The van der Waals surface area contributed by atoms with E-state index >= 15 is 0 Å². The van der Waals surface area contributed by atoms with Crippen molar-refractivity contribution >= 4 is 29.9 Å². The second kappa shape index (κ2) is 7.52. The van der Waals surface area contributed by atoms with Crippen LogP contribution in [-0.2, 0) is 32.6 Å². The van der Waals surface area contributed by atoms with Crippen molar-refractivity contribution in [2.75, 3.05) is 0 Å². The van der Waals surface area contributed by atoms with Gasteiger partial charge in [-0.2, -0.15) is 0 Å². The zero-order chi connectivity index (χ0) is 14.8. The zero-order valence-electron chi connectivity index (χ0n) is 12.8. The Morgan fingerprint density at radius 1 is 0.652 bits per heavy atom. The van der Waals surface area contributed by atoms with E-state index in [1.807, 2.05) is 0 Å². The summed E-state index contributed by atoms with van der Waals surface area (Å²) in [6.07, 6.45) is 5.58. The largest absolute Gasteiger partial charge is 0.0795 e. The van der Waals surface area contributed by atoms with E-state index in [1.54, 1.807) is 0 Å². The summed E-state index contributed by atoms with van der Waals surface area (Å²) in [5.74, 6) is 0. The maximum Gasteiger partial charge on any atom is 0 e. The second-order valence-electron chi connectivity index (χ2n) is 5.50. The normalized spacial score (nSPS) is 12.0. The van der Waals surface area contributed by atoms with E-state index in [-0.39, 0.29) is 26.2 Å². The Balaban J connectivity index is 0.00000156. The molecule has 3 aromatic rings. The first-order valence-corrected chi connectivity index (χ1v) is 8.96. The summed E-state index contributed by atoms with van der Waals surface area (Å²) >= 11 is 0. The fourth-order valence-electron chi connectivity index (χ4n) is 2.98. The van der Waals surface area contributed by atoms with Crippen LogP contribution in [0.25, 0.3) is 6.08 Å². The van der Waals surface area contributed by atoms with Crippen molar-refractivity contribution in [3.05, 3.63) is 96.1 Å². The maximum absolute atomic E-state index is 2.38. The van der Waals surface area contributed by atoms with Crippen molar-refractivity contribution in [3.63, 3.8) is 0 Å². The summed E-state index contributed by atoms with van der Waals surface area (Å²) in [4.78, 5) is 0. The topological polar surface area (TPSA) is 0 Å². The fraction of sp³-hybridized carbons (Fsp3) is 0.0476. The van der Waals surface area contributed by atoms with Gasteiger partial charge in [-0.05, 0) is 47.4 Å². The predicted octanol–water partition coefficient (Wildman–Crippen LogP) is 4.01. The predicted molar refractivity (Wildman–Crippen MR) is 97.9 cm³/mol. The molecule has 0 fully saturated rings. The Kier molecular flexibility index (Phi) is 5.42. The van der Waals surface area contributed by atoms with Gasteiger partial charge in [0.15, 0.2) is 0 Å². The van der Waals surface area contributed by atoms with E-state index < -0.39 is 7.92 Å². The summed E-state index contributed by atoms with van der Waals surface area (Å²) in [5, 5.41) is 4.24. The van der Waals surface area contributed by atoms with E-state index in [9.17, 15) is 0 Å². The fourth-order valence-corrected chi connectivity index (χ4v) is 5.30. The molecule has 0 N–H and O–H groups in total. The van der Waals surface area contributed by atoms with Gasteiger partial charge in [-0.25, -0.2) is 0 Å². The van der Waals surface area contributed by atoms with Gasteiger partial charge in [0.05, 0.1) is 0 Å². The summed E-state index contributed by atoms with van der Waals surface area (Å²) in [7, 11) is -0.486. The molecule has 1 aliphatic rings. The minimum Gasteiger partial charge on any atom is -0.0795 e. The quantitative estimate of drug-likeness (QED) is 0.592. The van der Waals surface area contributed by atoms with E-state index in [0.717, 1.165) is 6.42 Å². The smallest absolute Gasteiger partial charge is 0 e. The minimum absolute atomic E-state index is 0. The van der Waals surface area contributed by atoms with Crippen LogP contribution in [0.15, 0.2) is 84.9 Å². The third-order valence-electron chi connectivity index (χ3n) is 4.05. The molecule has 110 valence electrons. The Hall–Kier alpha value is -1.29. The van der Waals surface area contributed by atoms with Crippen LogP contribution in [0, 0.1) is 0 Å². The third-order valence-corrected chi connectivity index (χ3v) is 6.48. The van der Waals surface area contributed by atoms with Gasteiger partial charge in [-0.3, -0.25) is 0 Å². The molecule has 0 nitrogen and oxygen atoms in total. The standard InChI is InChI=1S/C21H17P.Zr/c1-3-10-19(11-4-1)22(20-12-5-2-6-13-20)21-15-14-17-8-7-9-18(17)16-21;/h1-7,9-16H,8H2;. The SMILES string of the molecule is C1=Cc2cc(P(c3ccccc3)c3ccccc3)ccc2C1.[Zr]. The summed E-state index contributed by atoms with van der Waals surface area (Å²) < 4.78 is 0. The van der Waals surface area contributed by atoms with Crippen molar-refractivity contribution in [1.82, 2.24) is 0 Å². The van der Waals surface area contributed by atoms with Crippen molar-refractivity contribution in [2.45, 2.75) is 6.42 Å². The number of benzene rings is 3. The third kappa shape index (κ3) is 3.47. The molecule has 23 heavy (non-hydrogen) atoms. The summed E-state index contributed by atoms with van der Waals surface area (Å²) in [6, 6.07) is 28.7. The Bertz CT molecular complexity index is 770. The molecule has 0 heterocycles. The first-order valence-electron chi connectivity index (χ1n) is 7.61. The number of rotatable bonds is 3. The Labute approximate surface area is 158 Å². The van der Waals surface area contributed by atoms with Gasteiger partial charge in [0.2, 0.25) is 0 Å². The first kappa shape index (κ1) is 16.6. The molecule has 4 rings (SSSR count). The van der Waals surface area contributed by atoms with Crippen LogP contribution in [0.1, 0.15) is 11.1 Å². The number of allylic oxidation sites excluding steroid dienone is 1. The van der Waals surface area contributed by atoms with E-state index in [2.05, 4.69) is 91.0 Å². The average Bonchev–Trinajstić information content (AvgIpc) is 3.05. The molecule has 0 aliphatic heterocycles. The van der Waals surface area contributed by atoms with Crippen LogP contribution in [-0.4, -0.2) is 0 Å². The van der Waals surface area contributed by atoms with E-state index in [4.69, 9.17) is 0 Å². The van der Waals surface area contributed by atoms with Crippen LogP contribution in [0.5, 0.6) is 0 Å². The molecule has 2 heteroatoms. The molecule has 0 unspecified atom stereocenters.